The van der Waals surface area contributed by atoms with E-state index in [1.54, 1.807) is 0 Å². The smallest absolute Gasteiger partial charge is 0.0963 e. The molecule has 1 atom stereocenters. The standard InChI is InChI=1S/C62H45N7.C2H6/c63-61(42-17-6-2-7-18-42)47(33-41-15-4-1-5-16-41)39-66-69-58-24-13-11-22-51(58)53-36-44(28-31-59(53)69)43-26-29-56-52(35-43)50-21-10-12-23-55(50)68(56)49-34-46(38-64-40-49)45-27-30-57-54(37-45)62-60(25-14-32-65-62)67(57)48-19-8-3-9-20-48;1-2/h1-32,34-38,40,47,63,66H,33,39H2;1-2H3. The number of fused-ring (bicyclic) bond motifs is 9. The molecule has 7 nitrogen and oxygen atoms in total. The zero-order chi connectivity index (χ0) is 47.8. The van der Waals surface area contributed by atoms with E-state index in [4.69, 9.17) is 9.97 Å². The molecule has 0 aliphatic heterocycles. The van der Waals surface area contributed by atoms with Crippen LogP contribution < -0.4 is 5.43 Å². The highest BCUT2D eigenvalue weighted by Crippen LogP contribution is 2.39. The molecular formula is C64H51N7. The fraction of sp³-hybridized carbons (Fsp3) is 0.0781. The molecule has 8 aromatic carbocycles. The highest BCUT2D eigenvalue weighted by Gasteiger charge is 2.21. The van der Waals surface area contributed by atoms with Crippen molar-refractivity contribution in [2.45, 2.75) is 20.3 Å². The molecule has 0 radical (unpaired) electrons. The molecule has 0 spiro atoms. The second-order valence-electron chi connectivity index (χ2n) is 17.9. The monoisotopic (exact) mass is 917 g/mol. The van der Waals surface area contributed by atoms with Crippen LogP contribution in [0.4, 0.5) is 0 Å². The average Bonchev–Trinajstić information content (AvgIpc) is 4.08. The predicted molar refractivity (Wildman–Crippen MR) is 297 cm³/mol. The van der Waals surface area contributed by atoms with E-state index >= 15 is 0 Å². The lowest BCUT2D eigenvalue weighted by Crippen LogP contribution is -2.29. The van der Waals surface area contributed by atoms with E-state index in [1.807, 2.05) is 74.9 Å². The number of aromatic nitrogens is 5. The first-order chi connectivity index (χ1) is 35.1. The molecule has 7 heteroatoms. The lowest BCUT2D eigenvalue weighted by atomic mass is 9.90. The minimum atomic E-state index is -0.0428. The van der Waals surface area contributed by atoms with Gasteiger partial charge in [0.1, 0.15) is 0 Å². The predicted octanol–water partition coefficient (Wildman–Crippen LogP) is 15.6. The molecule has 13 rings (SSSR count). The van der Waals surface area contributed by atoms with Crippen LogP contribution in [0.25, 0.3) is 99.2 Å². The van der Waals surface area contributed by atoms with Crippen molar-refractivity contribution >= 4 is 71.3 Å². The van der Waals surface area contributed by atoms with Crippen LogP contribution in [0.1, 0.15) is 25.0 Å². The molecule has 0 bridgehead atoms. The van der Waals surface area contributed by atoms with E-state index < -0.39 is 0 Å². The van der Waals surface area contributed by atoms with Gasteiger partial charge in [-0.3, -0.25) is 14.6 Å². The number of nitrogens with zero attached hydrogens (tertiary/aromatic N) is 5. The first kappa shape index (κ1) is 43.2. The van der Waals surface area contributed by atoms with Crippen molar-refractivity contribution in [2.24, 2.45) is 5.92 Å². The summed E-state index contributed by atoms with van der Waals surface area (Å²) in [6.45, 7) is 4.60. The maximum atomic E-state index is 9.33. The second-order valence-corrected chi connectivity index (χ2v) is 17.9. The molecule has 0 aliphatic rings. The van der Waals surface area contributed by atoms with Crippen molar-refractivity contribution < 1.29 is 0 Å². The Kier molecular flexibility index (Phi) is 11.2. The van der Waals surface area contributed by atoms with Gasteiger partial charge in [-0.05, 0) is 113 Å². The molecular weight excluding hydrogens is 867 g/mol. The van der Waals surface area contributed by atoms with Gasteiger partial charge in [-0.25, -0.2) is 0 Å². The molecule has 5 heterocycles. The van der Waals surface area contributed by atoms with Gasteiger partial charge in [0.2, 0.25) is 0 Å². The summed E-state index contributed by atoms with van der Waals surface area (Å²) in [7, 11) is 0. The largest absolute Gasteiger partial charge is 0.325 e. The first-order valence-electron chi connectivity index (χ1n) is 24.5. The summed E-state index contributed by atoms with van der Waals surface area (Å²) in [4.78, 5) is 9.71. The van der Waals surface area contributed by atoms with Gasteiger partial charge in [-0.2, -0.15) is 0 Å². The van der Waals surface area contributed by atoms with Gasteiger partial charge in [0.15, 0.2) is 0 Å². The Bertz CT molecular complexity index is 4070. The Morgan fingerprint density at radius 2 is 0.986 bits per heavy atom. The SMILES string of the molecule is CC.N=C(c1ccccc1)C(CNn1c2ccccc2c2cc(-c3ccc4c(c3)c3ccccc3n4-c3cncc(-c4ccc5c(c4)c4ncccc4n5-c4ccccc4)c3)ccc21)Cc1ccccc1. The number of para-hydroxylation sites is 3. The van der Waals surface area contributed by atoms with E-state index in [2.05, 4.69) is 189 Å². The van der Waals surface area contributed by atoms with E-state index in [9.17, 15) is 5.41 Å². The molecule has 0 amide bonds. The molecule has 1 unspecified atom stereocenters. The van der Waals surface area contributed by atoms with Crippen molar-refractivity contribution in [1.29, 1.82) is 5.41 Å². The summed E-state index contributed by atoms with van der Waals surface area (Å²) in [5, 5.41) is 15.2. The molecule has 2 N–H and O–H groups in total. The highest BCUT2D eigenvalue weighted by atomic mass is 15.4. The molecule has 0 saturated heterocycles. The van der Waals surface area contributed by atoms with Gasteiger partial charge in [0.25, 0.3) is 0 Å². The van der Waals surface area contributed by atoms with Gasteiger partial charge in [0.05, 0.1) is 50.5 Å². The van der Waals surface area contributed by atoms with Gasteiger partial charge in [-0.15, -0.1) is 0 Å². The highest BCUT2D eigenvalue weighted by molar-refractivity contribution is 6.13. The van der Waals surface area contributed by atoms with Gasteiger partial charge < -0.3 is 20.0 Å². The molecule has 13 aromatic rings. The van der Waals surface area contributed by atoms with Crippen molar-refractivity contribution in [2.75, 3.05) is 12.0 Å². The Hall–Kier alpha value is -9.07. The van der Waals surface area contributed by atoms with Crippen molar-refractivity contribution in [3.8, 4) is 33.6 Å². The van der Waals surface area contributed by atoms with Crippen LogP contribution in [-0.4, -0.2) is 36.0 Å². The third kappa shape index (κ3) is 7.69. The lowest BCUT2D eigenvalue weighted by Gasteiger charge is -2.21. The number of benzene rings is 8. The summed E-state index contributed by atoms with van der Waals surface area (Å²) in [6, 6.07) is 75.2. The fourth-order valence-corrected chi connectivity index (χ4v) is 10.6. The molecule has 71 heavy (non-hydrogen) atoms. The first-order valence-corrected chi connectivity index (χ1v) is 24.5. The number of nitrogens with one attached hydrogen (secondary N) is 2. The maximum absolute atomic E-state index is 9.33. The van der Waals surface area contributed by atoms with Crippen LogP contribution >= 0.6 is 0 Å². The van der Waals surface area contributed by atoms with Gasteiger partial charge in [0, 0.05) is 68.7 Å². The number of rotatable bonds is 11. The summed E-state index contributed by atoms with van der Waals surface area (Å²) in [6.07, 6.45) is 6.57. The van der Waals surface area contributed by atoms with Crippen LogP contribution in [0.5, 0.6) is 0 Å². The minimum absolute atomic E-state index is 0.0428. The van der Waals surface area contributed by atoms with Crippen molar-refractivity contribution in [3.05, 3.63) is 242 Å². The van der Waals surface area contributed by atoms with E-state index in [1.165, 1.54) is 27.1 Å². The van der Waals surface area contributed by atoms with Crippen molar-refractivity contribution in [1.82, 2.24) is 23.8 Å². The Morgan fingerprint density at radius 1 is 0.465 bits per heavy atom. The summed E-state index contributed by atoms with van der Waals surface area (Å²) in [5.74, 6) is -0.0428. The number of pyridine rings is 2. The third-order valence-electron chi connectivity index (χ3n) is 13.8. The van der Waals surface area contributed by atoms with E-state index in [0.717, 1.165) is 89.6 Å². The molecule has 0 fully saturated rings. The minimum Gasteiger partial charge on any atom is -0.325 e. The molecule has 0 aliphatic carbocycles. The van der Waals surface area contributed by atoms with Crippen LogP contribution in [0.2, 0.25) is 0 Å². The zero-order valence-corrected chi connectivity index (χ0v) is 39.7. The zero-order valence-electron chi connectivity index (χ0n) is 39.7. The van der Waals surface area contributed by atoms with Crippen molar-refractivity contribution in [3.63, 3.8) is 0 Å². The van der Waals surface area contributed by atoms with Crippen LogP contribution in [0.3, 0.4) is 0 Å². The topological polar surface area (TPSA) is 76.5 Å². The van der Waals surface area contributed by atoms with Gasteiger partial charge in [-0.1, -0.05) is 147 Å². The number of hydrogen-bond donors (Lipinski definition) is 2. The maximum Gasteiger partial charge on any atom is 0.0963 e. The third-order valence-corrected chi connectivity index (χ3v) is 13.8. The summed E-state index contributed by atoms with van der Waals surface area (Å²) < 4.78 is 6.86. The summed E-state index contributed by atoms with van der Waals surface area (Å²) >= 11 is 0. The van der Waals surface area contributed by atoms with Gasteiger partial charge >= 0.3 is 0 Å². The summed E-state index contributed by atoms with van der Waals surface area (Å²) in [5.41, 5.74) is 20.8. The normalized spacial score (nSPS) is 11.9. The quantitative estimate of drug-likeness (QED) is 0.127. The van der Waals surface area contributed by atoms with E-state index in [-0.39, 0.29) is 5.92 Å². The van der Waals surface area contributed by atoms with E-state index in [0.29, 0.717) is 12.3 Å². The molecule has 5 aromatic heterocycles. The van der Waals surface area contributed by atoms with Crippen LogP contribution in [-0.2, 0) is 6.42 Å². The van der Waals surface area contributed by atoms with Crippen LogP contribution in [0, 0.1) is 11.3 Å². The van der Waals surface area contributed by atoms with Crippen LogP contribution in [0.15, 0.2) is 231 Å². The molecule has 0 saturated carbocycles. The Morgan fingerprint density at radius 3 is 1.72 bits per heavy atom. The Balaban J connectivity index is 0.00000256. The Labute approximate surface area is 412 Å². The lowest BCUT2D eigenvalue weighted by molar-refractivity contribution is 0.680. The molecule has 342 valence electrons. The second kappa shape index (κ2) is 18.4. The average molecular weight is 918 g/mol. The fourth-order valence-electron chi connectivity index (χ4n) is 10.6. The number of hydrogen-bond acceptors (Lipinski definition) is 4.